The summed E-state index contributed by atoms with van der Waals surface area (Å²) in [5.41, 5.74) is 7.44. The Morgan fingerprint density at radius 1 is 1.35 bits per heavy atom. The maximum Gasteiger partial charge on any atom is 0.222 e. The molecule has 2 fully saturated rings. The van der Waals surface area contributed by atoms with Gasteiger partial charge < -0.3 is 10.6 Å². The van der Waals surface area contributed by atoms with Crippen LogP contribution in [0.25, 0.3) is 0 Å². The van der Waals surface area contributed by atoms with Gasteiger partial charge in [-0.15, -0.1) is 0 Å². The van der Waals surface area contributed by atoms with Crippen molar-refractivity contribution in [2.75, 3.05) is 19.6 Å². The average Bonchev–Trinajstić information content (AvgIpc) is 2.81. The Morgan fingerprint density at radius 3 is 2.80 bits per heavy atom. The maximum atomic E-state index is 11.8. The zero-order valence-corrected chi connectivity index (χ0v) is 11.9. The Labute approximate surface area is 119 Å². The summed E-state index contributed by atoms with van der Waals surface area (Å²) in [6.45, 7) is 4.71. The van der Waals surface area contributed by atoms with Crippen molar-refractivity contribution < 1.29 is 4.79 Å². The summed E-state index contributed by atoms with van der Waals surface area (Å²) < 4.78 is 0. The molecule has 2 N–H and O–H groups in total. The molecule has 0 aromatic carbocycles. The number of hydrogen-bond donors (Lipinski definition) is 1. The third-order valence-corrected chi connectivity index (χ3v) is 4.46. The number of carbonyl (C=O) groups is 1. The van der Waals surface area contributed by atoms with E-state index in [1.165, 1.54) is 5.56 Å². The smallest absolute Gasteiger partial charge is 0.222 e. The van der Waals surface area contributed by atoms with Crippen LogP contribution >= 0.6 is 0 Å². The molecule has 0 aliphatic carbocycles. The zero-order valence-electron chi connectivity index (χ0n) is 11.9. The quantitative estimate of drug-likeness (QED) is 0.884. The van der Waals surface area contributed by atoms with Crippen molar-refractivity contribution in [3.63, 3.8) is 0 Å². The van der Waals surface area contributed by atoms with Crippen LogP contribution in [0.3, 0.4) is 0 Å². The largest absolute Gasteiger partial charge is 0.337 e. The summed E-state index contributed by atoms with van der Waals surface area (Å²) in [6, 6.07) is 4.72. The van der Waals surface area contributed by atoms with Gasteiger partial charge in [0.25, 0.3) is 0 Å². The fourth-order valence-electron chi connectivity index (χ4n) is 3.55. The monoisotopic (exact) mass is 274 g/mol. The predicted molar refractivity (Wildman–Crippen MR) is 76.9 cm³/mol. The van der Waals surface area contributed by atoms with Crippen molar-refractivity contribution in [1.29, 1.82) is 0 Å². The summed E-state index contributed by atoms with van der Waals surface area (Å²) in [5, 5.41) is 0. The highest BCUT2D eigenvalue weighted by Gasteiger charge is 2.38. The molecular weight excluding hydrogens is 252 g/mol. The number of fused-ring (bicyclic) bond motifs is 1. The molecule has 2 aliphatic heterocycles. The molecule has 3 atom stereocenters. The van der Waals surface area contributed by atoms with Crippen molar-refractivity contribution in [2.24, 2.45) is 5.73 Å². The number of nitrogens with zero attached hydrogens (tertiary/aromatic N) is 3. The van der Waals surface area contributed by atoms with E-state index < -0.39 is 0 Å². The molecule has 3 rings (SSSR count). The van der Waals surface area contributed by atoms with Crippen molar-refractivity contribution in [3.05, 3.63) is 30.1 Å². The van der Waals surface area contributed by atoms with Gasteiger partial charge in [-0.25, -0.2) is 0 Å². The SMILES string of the molecule is CC(N)C(c1ccncc1)N1CCN2C(=O)CCC2C1. The first kappa shape index (κ1) is 13.5. The Hall–Kier alpha value is -1.46. The Balaban J connectivity index is 1.78. The highest BCUT2D eigenvalue weighted by Crippen LogP contribution is 2.29. The highest BCUT2D eigenvalue weighted by atomic mass is 16.2. The minimum atomic E-state index is 0.0565. The number of hydrogen-bond acceptors (Lipinski definition) is 4. The number of aromatic nitrogens is 1. The summed E-state index contributed by atoms with van der Waals surface area (Å²) in [4.78, 5) is 20.3. The second-order valence-corrected chi connectivity index (χ2v) is 5.86. The number of amides is 1. The van der Waals surface area contributed by atoms with Gasteiger partial charge >= 0.3 is 0 Å². The van der Waals surface area contributed by atoms with Gasteiger partial charge in [-0.05, 0) is 31.0 Å². The topological polar surface area (TPSA) is 62.5 Å². The molecule has 0 bridgehead atoms. The van der Waals surface area contributed by atoms with E-state index in [0.29, 0.717) is 18.4 Å². The van der Waals surface area contributed by atoms with Crippen molar-refractivity contribution in [2.45, 2.75) is 37.9 Å². The van der Waals surface area contributed by atoms with Gasteiger partial charge in [-0.2, -0.15) is 0 Å². The van der Waals surface area contributed by atoms with E-state index in [1.54, 1.807) is 0 Å². The lowest BCUT2D eigenvalue weighted by atomic mass is 9.98. The van der Waals surface area contributed by atoms with E-state index >= 15 is 0 Å². The van der Waals surface area contributed by atoms with E-state index in [2.05, 4.69) is 16.8 Å². The fourth-order valence-corrected chi connectivity index (χ4v) is 3.55. The standard InChI is InChI=1S/C15H22N4O/c1-11(16)15(12-4-6-17-7-5-12)18-8-9-19-13(10-18)2-3-14(19)20/h4-7,11,13,15H,2-3,8-10,16H2,1H3. The Morgan fingerprint density at radius 2 is 2.10 bits per heavy atom. The second-order valence-electron chi connectivity index (χ2n) is 5.86. The zero-order chi connectivity index (χ0) is 14.1. The van der Waals surface area contributed by atoms with Crippen molar-refractivity contribution in [1.82, 2.24) is 14.8 Å². The molecule has 0 spiro atoms. The van der Waals surface area contributed by atoms with E-state index in [1.807, 2.05) is 29.4 Å². The lowest BCUT2D eigenvalue weighted by Gasteiger charge is -2.43. The van der Waals surface area contributed by atoms with Crippen LogP contribution in [0.1, 0.15) is 31.4 Å². The summed E-state index contributed by atoms with van der Waals surface area (Å²) in [7, 11) is 0. The van der Waals surface area contributed by atoms with Gasteiger partial charge in [0.1, 0.15) is 0 Å². The fraction of sp³-hybridized carbons (Fsp3) is 0.600. The van der Waals surface area contributed by atoms with Gasteiger partial charge in [0.05, 0.1) is 0 Å². The molecule has 2 aliphatic rings. The first-order valence-electron chi connectivity index (χ1n) is 7.36. The molecule has 2 saturated heterocycles. The van der Waals surface area contributed by atoms with Gasteiger partial charge in [-0.3, -0.25) is 14.7 Å². The van der Waals surface area contributed by atoms with Crippen molar-refractivity contribution in [3.8, 4) is 0 Å². The van der Waals surface area contributed by atoms with E-state index in [0.717, 1.165) is 26.1 Å². The lowest BCUT2D eigenvalue weighted by Crippen LogP contribution is -2.54. The number of nitrogens with two attached hydrogens (primary N) is 1. The Bertz CT molecular complexity index is 476. The molecule has 3 heterocycles. The highest BCUT2D eigenvalue weighted by molar-refractivity contribution is 5.78. The molecule has 108 valence electrons. The number of pyridine rings is 1. The summed E-state index contributed by atoms with van der Waals surface area (Å²) >= 11 is 0. The lowest BCUT2D eigenvalue weighted by molar-refractivity contribution is -0.131. The van der Waals surface area contributed by atoms with Crippen molar-refractivity contribution >= 4 is 5.91 Å². The van der Waals surface area contributed by atoms with E-state index in [9.17, 15) is 4.79 Å². The molecule has 5 nitrogen and oxygen atoms in total. The van der Waals surface area contributed by atoms with Gasteiger partial charge in [-0.1, -0.05) is 0 Å². The number of rotatable bonds is 3. The molecule has 0 radical (unpaired) electrons. The number of piperazine rings is 1. The molecule has 1 aromatic rings. The van der Waals surface area contributed by atoms with Crippen LogP contribution in [0.2, 0.25) is 0 Å². The summed E-state index contributed by atoms with van der Waals surface area (Å²) in [6.07, 6.45) is 5.33. The van der Waals surface area contributed by atoms with Crippen LogP contribution in [0, 0.1) is 0 Å². The minimum absolute atomic E-state index is 0.0565. The first-order valence-corrected chi connectivity index (χ1v) is 7.36. The third kappa shape index (κ3) is 2.43. The summed E-state index contributed by atoms with van der Waals surface area (Å²) in [5.74, 6) is 0.316. The minimum Gasteiger partial charge on any atom is -0.337 e. The van der Waals surface area contributed by atoms with Gasteiger partial charge in [0.2, 0.25) is 5.91 Å². The second kappa shape index (κ2) is 5.50. The normalized spacial score (nSPS) is 26.4. The van der Waals surface area contributed by atoms with Crippen LogP contribution < -0.4 is 5.73 Å². The molecule has 20 heavy (non-hydrogen) atoms. The molecule has 1 amide bonds. The van der Waals surface area contributed by atoms with Gasteiger partial charge in [0.15, 0.2) is 0 Å². The average molecular weight is 274 g/mol. The predicted octanol–water partition coefficient (Wildman–Crippen LogP) is 0.776. The van der Waals surface area contributed by atoms with Crippen LogP contribution in [-0.2, 0) is 4.79 Å². The van der Waals surface area contributed by atoms with Crippen LogP contribution in [0.15, 0.2) is 24.5 Å². The molecule has 1 aromatic heterocycles. The van der Waals surface area contributed by atoms with Crippen LogP contribution in [-0.4, -0.2) is 52.4 Å². The van der Waals surface area contributed by atoms with Gasteiger partial charge in [0, 0.05) is 56.6 Å². The first-order chi connectivity index (χ1) is 9.66. The van der Waals surface area contributed by atoms with E-state index in [-0.39, 0.29) is 12.1 Å². The molecular formula is C15H22N4O. The Kier molecular flexibility index (Phi) is 3.72. The van der Waals surface area contributed by atoms with E-state index in [4.69, 9.17) is 5.73 Å². The number of carbonyl (C=O) groups excluding carboxylic acids is 1. The maximum absolute atomic E-state index is 11.8. The molecule has 3 unspecified atom stereocenters. The third-order valence-electron chi connectivity index (χ3n) is 4.46. The van der Waals surface area contributed by atoms with Crippen LogP contribution in [0.4, 0.5) is 0 Å². The molecule has 0 saturated carbocycles. The molecule has 5 heteroatoms. The van der Waals surface area contributed by atoms with Crippen LogP contribution in [0.5, 0.6) is 0 Å².